The van der Waals surface area contributed by atoms with Crippen molar-refractivity contribution >= 4 is 107 Å². The zero-order valence-electron chi connectivity index (χ0n) is 35.1. The molecule has 2 aliphatic carbocycles. The second-order valence-electron chi connectivity index (χ2n) is 18.3. The van der Waals surface area contributed by atoms with E-state index in [0.717, 1.165) is 0 Å². The first-order valence-corrected chi connectivity index (χ1v) is 24.4. The third-order valence-corrected chi connectivity index (χ3v) is 17.4. The average Bonchev–Trinajstić information content (AvgIpc) is 4.14. The van der Waals surface area contributed by atoms with E-state index in [-0.39, 0.29) is 5.41 Å². The molecule has 15 rings (SSSR count). The minimum atomic E-state index is 0.0434. The van der Waals surface area contributed by atoms with Crippen LogP contribution in [-0.2, 0) is 5.41 Å². The lowest BCUT2D eigenvalue weighted by Gasteiger charge is -2.36. The highest BCUT2D eigenvalue weighted by molar-refractivity contribution is 7.26. The van der Waals surface area contributed by atoms with Crippen LogP contribution in [0.4, 0.5) is 0 Å². The summed E-state index contributed by atoms with van der Waals surface area (Å²) < 4.78 is 10.3. The van der Waals surface area contributed by atoms with Crippen molar-refractivity contribution in [1.82, 2.24) is 9.13 Å². The van der Waals surface area contributed by atoms with Crippen molar-refractivity contribution in [3.05, 3.63) is 193 Å². The molecule has 4 heterocycles. The molecule has 13 aromatic rings. The van der Waals surface area contributed by atoms with Gasteiger partial charge in [-0.05, 0) is 125 Å². The molecule has 302 valence electrons. The lowest BCUT2D eigenvalue weighted by Crippen LogP contribution is -2.28. The zero-order valence-corrected chi connectivity index (χ0v) is 36.7. The van der Waals surface area contributed by atoms with Crippen molar-refractivity contribution in [3.8, 4) is 33.6 Å². The Morgan fingerprint density at radius 3 is 1.48 bits per heavy atom. The molecule has 1 saturated carbocycles. The van der Waals surface area contributed by atoms with E-state index in [2.05, 4.69) is 191 Å². The molecular formula is C60H40N2S2. The molecule has 0 saturated heterocycles. The van der Waals surface area contributed by atoms with Gasteiger partial charge in [-0.3, -0.25) is 0 Å². The third kappa shape index (κ3) is 4.79. The van der Waals surface area contributed by atoms with Gasteiger partial charge in [0.05, 0.1) is 22.1 Å². The summed E-state index contributed by atoms with van der Waals surface area (Å²) in [6.45, 7) is 0. The van der Waals surface area contributed by atoms with Crippen LogP contribution in [0.3, 0.4) is 0 Å². The monoisotopic (exact) mass is 852 g/mol. The van der Waals surface area contributed by atoms with E-state index < -0.39 is 0 Å². The van der Waals surface area contributed by atoms with Gasteiger partial charge in [0.25, 0.3) is 0 Å². The highest BCUT2D eigenvalue weighted by Gasteiger charge is 2.44. The molecule has 64 heavy (non-hydrogen) atoms. The first kappa shape index (κ1) is 35.5. The molecule has 2 nitrogen and oxygen atoms in total. The number of fused-ring (bicyclic) bond motifs is 17. The van der Waals surface area contributed by atoms with E-state index in [1.54, 1.807) is 0 Å². The molecule has 0 amide bonds. The smallest absolute Gasteiger partial charge is 0.0547 e. The van der Waals surface area contributed by atoms with E-state index in [1.807, 2.05) is 22.7 Å². The SMILES string of the molecule is c1ccc2c(c1)sc1cc(-n3c4ccccc4c4cc(-c5ccc6c(c5)-c5cc7c(cc5C65CCCCC5)c5ccccc5n7-c5ccc6c(c5)sc5ccccc56)ccc43)ccc12. The molecule has 4 aromatic heterocycles. The van der Waals surface area contributed by atoms with Crippen molar-refractivity contribution < 1.29 is 0 Å². The predicted octanol–water partition coefficient (Wildman–Crippen LogP) is 17.5. The molecule has 0 unspecified atom stereocenters. The van der Waals surface area contributed by atoms with E-state index in [1.165, 1.54) is 161 Å². The highest BCUT2D eigenvalue weighted by Crippen LogP contribution is 2.58. The maximum Gasteiger partial charge on any atom is 0.0547 e. The summed E-state index contributed by atoms with van der Waals surface area (Å²) in [5.74, 6) is 0. The number of aromatic nitrogens is 2. The van der Waals surface area contributed by atoms with Gasteiger partial charge >= 0.3 is 0 Å². The van der Waals surface area contributed by atoms with Crippen LogP contribution in [0.5, 0.6) is 0 Å². The first-order chi connectivity index (χ1) is 31.7. The molecule has 9 aromatic carbocycles. The number of hydrogen-bond donors (Lipinski definition) is 0. The Morgan fingerprint density at radius 1 is 0.328 bits per heavy atom. The van der Waals surface area contributed by atoms with E-state index in [9.17, 15) is 0 Å². The predicted molar refractivity (Wildman–Crippen MR) is 276 cm³/mol. The second-order valence-corrected chi connectivity index (χ2v) is 20.5. The summed E-state index contributed by atoms with van der Waals surface area (Å²) in [6.07, 6.45) is 6.27. The van der Waals surface area contributed by atoms with Crippen LogP contribution in [0, 0.1) is 0 Å². The van der Waals surface area contributed by atoms with Gasteiger partial charge in [0.15, 0.2) is 0 Å². The minimum Gasteiger partial charge on any atom is -0.309 e. The molecule has 0 bridgehead atoms. The maximum atomic E-state index is 2.61. The normalized spacial score (nSPS) is 14.7. The van der Waals surface area contributed by atoms with Gasteiger partial charge in [0, 0.05) is 78.7 Å². The van der Waals surface area contributed by atoms with Crippen molar-refractivity contribution in [2.75, 3.05) is 0 Å². The Hall–Kier alpha value is -6.98. The van der Waals surface area contributed by atoms with Gasteiger partial charge < -0.3 is 9.13 Å². The quantitative estimate of drug-likeness (QED) is 0.168. The third-order valence-electron chi connectivity index (χ3n) is 15.1. The Balaban J connectivity index is 0.916. The van der Waals surface area contributed by atoms with E-state index >= 15 is 0 Å². The largest absolute Gasteiger partial charge is 0.309 e. The van der Waals surface area contributed by atoms with Gasteiger partial charge in [-0.15, -0.1) is 22.7 Å². The Morgan fingerprint density at radius 2 is 0.828 bits per heavy atom. The van der Waals surface area contributed by atoms with Crippen LogP contribution >= 0.6 is 22.7 Å². The summed E-state index contributed by atoms with van der Waals surface area (Å²) in [7, 11) is 0. The Labute approximate surface area is 377 Å². The van der Waals surface area contributed by atoms with Crippen LogP contribution in [0.15, 0.2) is 182 Å². The highest BCUT2D eigenvalue weighted by atomic mass is 32.1. The second kappa shape index (κ2) is 13.0. The van der Waals surface area contributed by atoms with Crippen LogP contribution < -0.4 is 0 Å². The lowest BCUT2D eigenvalue weighted by molar-refractivity contribution is 0.353. The average molecular weight is 853 g/mol. The van der Waals surface area contributed by atoms with E-state index in [0.29, 0.717) is 0 Å². The Bertz CT molecular complexity index is 4130. The molecule has 0 radical (unpaired) electrons. The van der Waals surface area contributed by atoms with Gasteiger partial charge in [-0.2, -0.15) is 0 Å². The summed E-state index contributed by atoms with van der Waals surface area (Å²) in [4.78, 5) is 0. The minimum absolute atomic E-state index is 0.0434. The summed E-state index contributed by atoms with van der Waals surface area (Å²) in [5.41, 5.74) is 15.9. The summed E-state index contributed by atoms with van der Waals surface area (Å²) in [5, 5.41) is 10.6. The number of para-hydroxylation sites is 2. The number of nitrogens with zero attached hydrogens (tertiary/aromatic N) is 2. The molecular weight excluding hydrogens is 813 g/mol. The van der Waals surface area contributed by atoms with Crippen molar-refractivity contribution in [2.45, 2.75) is 37.5 Å². The fraction of sp³-hybridized carbons (Fsp3) is 0.100. The van der Waals surface area contributed by atoms with Crippen LogP contribution in [0.2, 0.25) is 0 Å². The van der Waals surface area contributed by atoms with Crippen molar-refractivity contribution in [1.29, 1.82) is 0 Å². The number of rotatable bonds is 3. The first-order valence-electron chi connectivity index (χ1n) is 22.8. The molecule has 0 aliphatic heterocycles. The van der Waals surface area contributed by atoms with Gasteiger partial charge in [-0.25, -0.2) is 0 Å². The van der Waals surface area contributed by atoms with Crippen molar-refractivity contribution in [3.63, 3.8) is 0 Å². The summed E-state index contributed by atoms with van der Waals surface area (Å²) >= 11 is 3.78. The van der Waals surface area contributed by atoms with Crippen LogP contribution in [0.25, 0.3) is 118 Å². The van der Waals surface area contributed by atoms with Gasteiger partial charge in [0.2, 0.25) is 0 Å². The number of thiophene rings is 2. The van der Waals surface area contributed by atoms with Gasteiger partial charge in [0.1, 0.15) is 0 Å². The molecule has 4 heteroatoms. The van der Waals surface area contributed by atoms with Crippen molar-refractivity contribution in [2.24, 2.45) is 0 Å². The number of hydrogen-bond acceptors (Lipinski definition) is 2. The van der Waals surface area contributed by atoms with Crippen LogP contribution in [-0.4, -0.2) is 9.13 Å². The maximum absolute atomic E-state index is 2.61. The topological polar surface area (TPSA) is 9.86 Å². The molecule has 0 atom stereocenters. The standard InChI is InChI=1S/C60H40N2S2/c1-10-28-60(29-11-1)50-26-20-36(37-21-27-54-48(31-37)40-12-2-6-16-52(40)61(54)38-22-24-44-42-14-4-8-18-56(42)63-58(44)32-38)30-46(50)47-35-55-49(34-51(47)60)41-13-3-7-17-53(41)62(55)39-23-25-45-43-15-5-9-19-57(43)64-59(45)33-39/h2-9,12-27,30-35H,1,10-11,28-29H2. The van der Waals surface area contributed by atoms with Crippen LogP contribution in [0.1, 0.15) is 43.2 Å². The molecule has 0 N–H and O–H groups in total. The fourth-order valence-corrected chi connectivity index (χ4v) is 14.5. The molecule has 1 spiro atoms. The van der Waals surface area contributed by atoms with Gasteiger partial charge in [-0.1, -0.05) is 122 Å². The fourth-order valence-electron chi connectivity index (χ4n) is 12.3. The Kier molecular flexibility index (Phi) is 7.23. The molecule has 2 aliphatic rings. The number of benzene rings is 9. The lowest BCUT2D eigenvalue weighted by atomic mass is 9.67. The molecule has 1 fully saturated rings. The summed E-state index contributed by atoms with van der Waals surface area (Å²) in [6, 6.07) is 69.5. The van der Waals surface area contributed by atoms with E-state index in [4.69, 9.17) is 0 Å². The zero-order chi connectivity index (χ0) is 41.7.